The fraction of sp³-hybridized carbons (Fsp3) is 0.588. The first-order valence-electron chi connectivity index (χ1n) is 8.78. The molecule has 1 aliphatic heterocycles. The Bertz CT molecular complexity index is 852. The van der Waals surface area contributed by atoms with Gasteiger partial charge in [-0.05, 0) is 24.6 Å². The molecule has 1 aromatic heterocycles. The van der Waals surface area contributed by atoms with Crippen LogP contribution in [0.25, 0.3) is 11.0 Å². The van der Waals surface area contributed by atoms with E-state index in [1.54, 1.807) is 26.2 Å². The third-order valence-electron chi connectivity index (χ3n) is 4.60. The molecule has 0 saturated carbocycles. The van der Waals surface area contributed by atoms with Gasteiger partial charge >= 0.3 is 0 Å². The Morgan fingerprint density at radius 2 is 1.79 bits per heavy atom. The number of hydrogen-bond donors (Lipinski definition) is 1. The molecule has 1 saturated heterocycles. The summed E-state index contributed by atoms with van der Waals surface area (Å²) in [4.78, 5) is 7.46. The molecule has 162 valence electrons. The smallest absolute Gasteiger partial charge is 0.242 e. The number of imidazole rings is 1. The van der Waals surface area contributed by atoms with Crippen LogP contribution in [0.4, 0.5) is 0 Å². The molecule has 0 radical (unpaired) electrons. The number of nitrogens with one attached hydrogen (secondary N) is 1. The number of rotatable bonds is 6. The van der Waals surface area contributed by atoms with Crippen LogP contribution in [0.15, 0.2) is 23.1 Å². The van der Waals surface area contributed by atoms with Gasteiger partial charge in [0.1, 0.15) is 5.82 Å². The largest absolute Gasteiger partial charge is 0.327 e. The van der Waals surface area contributed by atoms with Crippen LogP contribution in [-0.2, 0) is 23.1 Å². The van der Waals surface area contributed by atoms with Crippen molar-refractivity contribution in [2.24, 2.45) is 0 Å². The minimum atomic E-state index is -3.45. The molecule has 1 aliphatic rings. The van der Waals surface area contributed by atoms with Gasteiger partial charge < -0.3 is 9.88 Å². The van der Waals surface area contributed by atoms with Crippen molar-refractivity contribution >= 4 is 58.3 Å². The Morgan fingerprint density at radius 3 is 2.36 bits per heavy atom. The van der Waals surface area contributed by atoms with E-state index in [1.165, 1.54) is 4.31 Å². The lowest BCUT2D eigenvalue weighted by Gasteiger charge is -2.27. The molecular weight excluding hydrogens is 445 g/mol. The number of sulfonamides is 1. The van der Waals surface area contributed by atoms with Gasteiger partial charge in [0.2, 0.25) is 10.0 Å². The first-order valence-corrected chi connectivity index (χ1v) is 10.2. The lowest BCUT2D eigenvalue weighted by Crippen LogP contribution is -2.43. The standard InChI is InChI=1S/C17H27N5O2S.3ClH/c1-4-9-22-16-6-5-14(25(23,24)20(2)3)12-15(16)19-17(22)13-21-10-7-18-8-11-21;;;/h5-6,12,18H,4,7-11,13H2,1-3H3;3*1H. The van der Waals surface area contributed by atoms with Crippen molar-refractivity contribution < 1.29 is 8.42 Å². The van der Waals surface area contributed by atoms with Crippen LogP contribution in [-0.4, -0.2) is 67.4 Å². The van der Waals surface area contributed by atoms with E-state index in [4.69, 9.17) is 4.98 Å². The number of nitrogens with zero attached hydrogens (tertiary/aromatic N) is 4. The maximum Gasteiger partial charge on any atom is 0.242 e. The first kappa shape index (κ1) is 27.4. The molecule has 0 spiro atoms. The number of aryl methyl sites for hydroxylation is 1. The fourth-order valence-corrected chi connectivity index (χ4v) is 4.12. The highest BCUT2D eigenvalue weighted by atomic mass is 35.5. The Hall–Kier alpha value is -0.610. The van der Waals surface area contributed by atoms with Crippen molar-refractivity contribution in [3.05, 3.63) is 24.0 Å². The normalized spacial score (nSPS) is 15.0. The SMILES string of the molecule is CCCn1c(CN2CCNCC2)nc2cc(S(=O)(=O)N(C)C)ccc21.Cl.Cl.Cl. The van der Waals surface area contributed by atoms with Crippen molar-refractivity contribution in [1.82, 2.24) is 24.1 Å². The second-order valence-electron chi connectivity index (χ2n) is 6.64. The molecule has 0 aliphatic carbocycles. The van der Waals surface area contributed by atoms with Crippen molar-refractivity contribution in [2.45, 2.75) is 31.3 Å². The molecule has 7 nitrogen and oxygen atoms in total. The minimum absolute atomic E-state index is 0. The summed E-state index contributed by atoms with van der Waals surface area (Å²) < 4.78 is 28.2. The van der Waals surface area contributed by atoms with Crippen molar-refractivity contribution in [3.8, 4) is 0 Å². The van der Waals surface area contributed by atoms with Gasteiger partial charge in [0, 0.05) is 46.8 Å². The van der Waals surface area contributed by atoms with Gasteiger partial charge in [-0.3, -0.25) is 4.90 Å². The van der Waals surface area contributed by atoms with Gasteiger partial charge in [0.05, 0.1) is 22.5 Å². The zero-order valence-corrected chi connectivity index (χ0v) is 19.7. The fourth-order valence-electron chi connectivity index (χ4n) is 3.19. The van der Waals surface area contributed by atoms with Crippen molar-refractivity contribution in [2.75, 3.05) is 40.3 Å². The van der Waals surface area contributed by atoms with Gasteiger partial charge in [0.25, 0.3) is 0 Å². The summed E-state index contributed by atoms with van der Waals surface area (Å²) >= 11 is 0. The Labute approximate surface area is 186 Å². The summed E-state index contributed by atoms with van der Waals surface area (Å²) in [6, 6.07) is 5.26. The zero-order valence-electron chi connectivity index (χ0n) is 16.4. The van der Waals surface area contributed by atoms with Crippen LogP contribution in [0.2, 0.25) is 0 Å². The molecule has 1 N–H and O–H groups in total. The van der Waals surface area contributed by atoms with Crippen LogP contribution in [0.3, 0.4) is 0 Å². The molecule has 1 fully saturated rings. The number of halogens is 3. The monoisotopic (exact) mass is 473 g/mol. The molecule has 0 unspecified atom stereocenters. The number of benzene rings is 1. The van der Waals surface area contributed by atoms with E-state index in [0.717, 1.165) is 62.5 Å². The second-order valence-corrected chi connectivity index (χ2v) is 8.80. The number of hydrogen-bond acceptors (Lipinski definition) is 5. The topological polar surface area (TPSA) is 70.5 Å². The van der Waals surface area contributed by atoms with E-state index in [9.17, 15) is 8.42 Å². The minimum Gasteiger partial charge on any atom is -0.327 e. The predicted octanol–water partition coefficient (Wildman–Crippen LogP) is 2.37. The molecule has 28 heavy (non-hydrogen) atoms. The molecule has 0 bridgehead atoms. The third-order valence-corrected chi connectivity index (χ3v) is 6.41. The summed E-state index contributed by atoms with van der Waals surface area (Å²) in [7, 11) is -0.353. The molecule has 1 aromatic carbocycles. The van der Waals surface area contributed by atoms with E-state index < -0.39 is 10.0 Å². The quantitative estimate of drug-likeness (QED) is 0.696. The van der Waals surface area contributed by atoms with E-state index in [-0.39, 0.29) is 37.2 Å². The van der Waals surface area contributed by atoms with Crippen molar-refractivity contribution in [3.63, 3.8) is 0 Å². The Kier molecular flexibility index (Phi) is 11.3. The third kappa shape index (κ3) is 5.72. The molecule has 3 rings (SSSR count). The van der Waals surface area contributed by atoms with E-state index in [0.29, 0.717) is 4.90 Å². The lowest BCUT2D eigenvalue weighted by atomic mass is 10.3. The predicted molar refractivity (Wildman–Crippen MR) is 121 cm³/mol. The van der Waals surface area contributed by atoms with Crippen LogP contribution < -0.4 is 5.32 Å². The van der Waals surface area contributed by atoms with Gasteiger partial charge in [-0.1, -0.05) is 6.92 Å². The highest BCUT2D eigenvalue weighted by Gasteiger charge is 2.20. The van der Waals surface area contributed by atoms with Crippen LogP contribution in [0.1, 0.15) is 19.2 Å². The molecule has 2 heterocycles. The summed E-state index contributed by atoms with van der Waals surface area (Å²) in [5.74, 6) is 1.01. The summed E-state index contributed by atoms with van der Waals surface area (Å²) in [5.41, 5.74) is 1.76. The van der Waals surface area contributed by atoms with Gasteiger partial charge in [-0.2, -0.15) is 0 Å². The number of piperazine rings is 1. The number of fused-ring (bicyclic) bond motifs is 1. The zero-order chi connectivity index (χ0) is 18.0. The Morgan fingerprint density at radius 1 is 1.14 bits per heavy atom. The summed E-state index contributed by atoms with van der Waals surface area (Å²) in [6.07, 6.45) is 1.01. The second kappa shape index (κ2) is 11.5. The molecular formula is C17H30Cl3N5O2S. The molecule has 2 aromatic rings. The highest BCUT2D eigenvalue weighted by molar-refractivity contribution is 7.89. The molecule has 0 amide bonds. The van der Waals surface area contributed by atoms with Gasteiger partial charge in [-0.25, -0.2) is 17.7 Å². The lowest BCUT2D eigenvalue weighted by molar-refractivity contribution is 0.225. The van der Waals surface area contributed by atoms with E-state index >= 15 is 0 Å². The van der Waals surface area contributed by atoms with Crippen LogP contribution in [0.5, 0.6) is 0 Å². The number of aromatic nitrogens is 2. The molecule has 11 heteroatoms. The summed E-state index contributed by atoms with van der Waals surface area (Å²) in [6.45, 7) is 7.85. The van der Waals surface area contributed by atoms with E-state index in [2.05, 4.69) is 21.7 Å². The molecule has 0 atom stereocenters. The van der Waals surface area contributed by atoms with Crippen LogP contribution >= 0.6 is 37.2 Å². The Balaban J connectivity index is 0.00000243. The summed E-state index contributed by atoms with van der Waals surface area (Å²) in [5, 5.41) is 3.36. The van der Waals surface area contributed by atoms with E-state index in [1.807, 2.05) is 6.07 Å². The first-order chi connectivity index (χ1) is 11.9. The highest BCUT2D eigenvalue weighted by Crippen LogP contribution is 2.23. The average Bonchev–Trinajstić information content (AvgIpc) is 2.92. The van der Waals surface area contributed by atoms with Crippen molar-refractivity contribution in [1.29, 1.82) is 0 Å². The average molecular weight is 475 g/mol. The maximum atomic E-state index is 12.4. The van der Waals surface area contributed by atoms with Gasteiger partial charge in [-0.15, -0.1) is 37.2 Å². The van der Waals surface area contributed by atoms with Gasteiger partial charge in [0.15, 0.2) is 0 Å². The van der Waals surface area contributed by atoms with Crippen LogP contribution in [0, 0.1) is 0 Å². The maximum absolute atomic E-state index is 12.4.